The number of nitrogens with one attached hydrogen (secondary N) is 1. The number of anilines is 1. The lowest BCUT2D eigenvalue weighted by atomic mass is 9.91. The minimum atomic E-state index is 0.175. The molecule has 28 heavy (non-hydrogen) atoms. The summed E-state index contributed by atoms with van der Waals surface area (Å²) in [6.45, 7) is 11.5. The number of hydrogen-bond donors (Lipinski definition) is 1. The van der Waals surface area contributed by atoms with Gasteiger partial charge < -0.3 is 10.1 Å². The molecule has 5 heteroatoms. The second-order valence-corrected chi connectivity index (χ2v) is 8.47. The highest BCUT2D eigenvalue weighted by Crippen LogP contribution is 2.34. The maximum absolute atomic E-state index is 6.13. The molecule has 3 heterocycles. The van der Waals surface area contributed by atoms with Gasteiger partial charge in [-0.1, -0.05) is 38.1 Å². The Kier molecular flexibility index (Phi) is 5.56. The van der Waals surface area contributed by atoms with Gasteiger partial charge in [-0.2, -0.15) is 0 Å². The Morgan fingerprint density at radius 1 is 1.21 bits per heavy atom. The molecule has 2 aliphatic heterocycles. The highest BCUT2D eigenvalue weighted by molar-refractivity contribution is 5.56. The third-order valence-electron chi connectivity index (χ3n) is 5.97. The average molecular weight is 381 g/mol. The molecule has 0 saturated carbocycles. The van der Waals surface area contributed by atoms with E-state index in [1.807, 2.05) is 6.20 Å². The van der Waals surface area contributed by atoms with Crippen LogP contribution in [0.3, 0.4) is 0 Å². The Morgan fingerprint density at radius 2 is 2.04 bits per heavy atom. The van der Waals surface area contributed by atoms with E-state index in [1.54, 1.807) is 0 Å². The van der Waals surface area contributed by atoms with E-state index in [0.717, 1.165) is 44.3 Å². The summed E-state index contributed by atoms with van der Waals surface area (Å²) in [5, 5.41) is 3.39. The molecule has 0 radical (unpaired) electrons. The van der Waals surface area contributed by atoms with Gasteiger partial charge in [-0.25, -0.2) is 4.98 Å². The van der Waals surface area contributed by atoms with Gasteiger partial charge in [0.05, 0.1) is 6.54 Å². The molecule has 1 aromatic heterocycles. The highest BCUT2D eigenvalue weighted by Gasteiger charge is 2.29. The van der Waals surface area contributed by atoms with Gasteiger partial charge in [0, 0.05) is 44.0 Å². The number of pyridine rings is 1. The first-order chi connectivity index (χ1) is 13.5. The second-order valence-electron chi connectivity index (χ2n) is 8.47. The number of piperazine rings is 1. The first-order valence-electron chi connectivity index (χ1n) is 10.4. The van der Waals surface area contributed by atoms with Gasteiger partial charge in [0.25, 0.3) is 0 Å². The topological polar surface area (TPSA) is 40.6 Å². The van der Waals surface area contributed by atoms with E-state index in [4.69, 9.17) is 4.74 Å². The van der Waals surface area contributed by atoms with E-state index in [2.05, 4.69) is 78.3 Å². The first-order valence-corrected chi connectivity index (χ1v) is 10.4. The molecule has 1 saturated heterocycles. The number of ether oxygens (including phenoxy) is 1. The van der Waals surface area contributed by atoms with Crippen molar-refractivity contribution in [1.29, 1.82) is 0 Å². The monoisotopic (exact) mass is 380 g/mol. The van der Waals surface area contributed by atoms with E-state index in [9.17, 15) is 0 Å². The van der Waals surface area contributed by atoms with Crippen molar-refractivity contribution >= 4 is 5.82 Å². The molecule has 0 spiro atoms. The third-order valence-corrected chi connectivity index (χ3v) is 5.97. The van der Waals surface area contributed by atoms with Gasteiger partial charge in [0.1, 0.15) is 6.10 Å². The maximum Gasteiger partial charge on any atom is 0.169 e. The van der Waals surface area contributed by atoms with Crippen molar-refractivity contribution < 1.29 is 4.74 Å². The van der Waals surface area contributed by atoms with Gasteiger partial charge in [-0.3, -0.25) is 9.80 Å². The van der Waals surface area contributed by atoms with E-state index >= 15 is 0 Å². The Labute approximate surface area is 168 Å². The summed E-state index contributed by atoms with van der Waals surface area (Å²) in [6, 6.07) is 11.5. The van der Waals surface area contributed by atoms with Crippen LogP contribution in [0, 0.1) is 0 Å². The van der Waals surface area contributed by atoms with E-state index in [-0.39, 0.29) is 6.10 Å². The quantitative estimate of drug-likeness (QED) is 0.872. The van der Waals surface area contributed by atoms with Gasteiger partial charge >= 0.3 is 0 Å². The molecule has 1 aromatic carbocycles. The van der Waals surface area contributed by atoms with Crippen LogP contribution in [0.5, 0.6) is 5.75 Å². The minimum Gasteiger partial charge on any atom is -0.485 e. The van der Waals surface area contributed by atoms with Crippen LogP contribution in [0.2, 0.25) is 0 Å². The molecule has 1 fully saturated rings. The zero-order valence-electron chi connectivity index (χ0n) is 17.5. The number of benzene rings is 1. The molecule has 2 unspecified atom stereocenters. The summed E-state index contributed by atoms with van der Waals surface area (Å²) in [6.07, 6.45) is 2.07. The Balaban J connectivity index is 1.55. The van der Waals surface area contributed by atoms with Crippen LogP contribution in [0.15, 0.2) is 36.5 Å². The second kappa shape index (κ2) is 8.10. The summed E-state index contributed by atoms with van der Waals surface area (Å²) in [5.41, 5.74) is 4.15. The summed E-state index contributed by atoms with van der Waals surface area (Å²) in [7, 11) is 2.25. The molecule has 2 aromatic rings. The largest absolute Gasteiger partial charge is 0.485 e. The smallest absolute Gasteiger partial charge is 0.169 e. The standard InChI is InChI=1S/C23H32N4O/c1-16(2)19-7-5-6-8-20(19)21-15-27(12-11-26(21)4)14-18-9-10-24-23-22(18)28-17(3)13-25-23/h5-10,16-17,21H,11-15H2,1-4H3,(H,24,25). The van der Waals surface area contributed by atoms with Crippen LogP contribution in [-0.4, -0.2) is 54.1 Å². The van der Waals surface area contributed by atoms with Gasteiger partial charge in [0.2, 0.25) is 0 Å². The van der Waals surface area contributed by atoms with E-state index < -0.39 is 0 Å². The lowest BCUT2D eigenvalue weighted by molar-refractivity contribution is 0.0885. The molecule has 5 nitrogen and oxygen atoms in total. The van der Waals surface area contributed by atoms with Crippen molar-refractivity contribution in [2.75, 3.05) is 38.5 Å². The van der Waals surface area contributed by atoms with Crippen molar-refractivity contribution in [2.24, 2.45) is 0 Å². The average Bonchev–Trinajstić information content (AvgIpc) is 2.70. The molecule has 0 aliphatic carbocycles. The maximum atomic E-state index is 6.13. The lowest BCUT2D eigenvalue weighted by Gasteiger charge is -2.41. The van der Waals surface area contributed by atoms with Crippen LogP contribution >= 0.6 is 0 Å². The predicted molar refractivity (Wildman–Crippen MR) is 114 cm³/mol. The zero-order valence-corrected chi connectivity index (χ0v) is 17.5. The number of rotatable bonds is 4. The summed E-state index contributed by atoms with van der Waals surface area (Å²) in [4.78, 5) is 9.51. The molecular formula is C23H32N4O. The van der Waals surface area contributed by atoms with Crippen LogP contribution in [-0.2, 0) is 6.54 Å². The number of fused-ring (bicyclic) bond motifs is 1. The first kappa shape index (κ1) is 19.2. The Morgan fingerprint density at radius 3 is 2.86 bits per heavy atom. The molecule has 150 valence electrons. The van der Waals surface area contributed by atoms with Crippen molar-refractivity contribution in [1.82, 2.24) is 14.8 Å². The molecule has 0 amide bonds. The predicted octanol–water partition coefficient (Wildman–Crippen LogP) is 3.89. The summed E-state index contributed by atoms with van der Waals surface area (Å²) in [5.74, 6) is 2.35. The van der Waals surface area contributed by atoms with Crippen LogP contribution in [0.4, 0.5) is 5.82 Å². The van der Waals surface area contributed by atoms with Crippen molar-refractivity contribution in [3.8, 4) is 5.75 Å². The minimum absolute atomic E-state index is 0.175. The summed E-state index contributed by atoms with van der Waals surface area (Å²) < 4.78 is 6.13. The Bertz CT molecular complexity index is 822. The van der Waals surface area contributed by atoms with Crippen LogP contribution in [0.1, 0.15) is 49.4 Å². The molecule has 0 bridgehead atoms. The van der Waals surface area contributed by atoms with Gasteiger partial charge in [-0.05, 0) is 37.1 Å². The molecule has 4 rings (SSSR count). The fourth-order valence-corrected chi connectivity index (χ4v) is 4.34. The fourth-order valence-electron chi connectivity index (χ4n) is 4.34. The third kappa shape index (κ3) is 3.87. The van der Waals surface area contributed by atoms with E-state index in [0.29, 0.717) is 12.0 Å². The summed E-state index contributed by atoms with van der Waals surface area (Å²) >= 11 is 0. The SMILES string of the molecule is CC1CNc2nccc(CN3CCN(C)C(c4ccccc4C(C)C)C3)c2O1. The molecular weight excluding hydrogens is 348 g/mol. The zero-order chi connectivity index (χ0) is 19.7. The molecule has 2 atom stereocenters. The lowest BCUT2D eigenvalue weighted by Crippen LogP contribution is -2.46. The normalized spacial score (nSPS) is 23.2. The molecule has 2 aliphatic rings. The Hall–Kier alpha value is -2.11. The van der Waals surface area contributed by atoms with E-state index in [1.165, 1.54) is 16.7 Å². The van der Waals surface area contributed by atoms with Gasteiger partial charge in [-0.15, -0.1) is 0 Å². The van der Waals surface area contributed by atoms with Crippen molar-refractivity contribution in [3.63, 3.8) is 0 Å². The number of hydrogen-bond acceptors (Lipinski definition) is 5. The highest BCUT2D eigenvalue weighted by atomic mass is 16.5. The molecule has 1 N–H and O–H groups in total. The van der Waals surface area contributed by atoms with Gasteiger partial charge in [0.15, 0.2) is 11.6 Å². The van der Waals surface area contributed by atoms with Crippen molar-refractivity contribution in [2.45, 2.75) is 45.4 Å². The number of nitrogens with zero attached hydrogens (tertiary/aromatic N) is 3. The van der Waals surface area contributed by atoms with Crippen LogP contribution in [0.25, 0.3) is 0 Å². The fraction of sp³-hybridized carbons (Fsp3) is 0.522. The van der Waals surface area contributed by atoms with Crippen LogP contribution < -0.4 is 10.1 Å². The van der Waals surface area contributed by atoms with Crippen molar-refractivity contribution in [3.05, 3.63) is 53.2 Å². The number of likely N-dealkylation sites (N-methyl/N-ethyl adjacent to an activating group) is 1. The number of aromatic nitrogens is 1.